The van der Waals surface area contributed by atoms with Crippen molar-refractivity contribution in [3.05, 3.63) is 45.4 Å². The highest BCUT2D eigenvalue weighted by molar-refractivity contribution is 7.13. The molecule has 6 nitrogen and oxygen atoms in total. The number of rotatable bonds is 6. The molecule has 0 fully saturated rings. The average molecular weight is 362 g/mol. The van der Waals surface area contributed by atoms with Crippen LogP contribution in [0.2, 0.25) is 0 Å². The summed E-state index contributed by atoms with van der Waals surface area (Å²) in [6.07, 6.45) is 0. The first-order chi connectivity index (χ1) is 11.7. The SMILES string of the molecule is COC(=O)C(C)(C)NC(=O)c1sc(COc2ccc(C)cc2)nc1C. The zero-order valence-electron chi connectivity index (χ0n) is 15.0. The van der Waals surface area contributed by atoms with Gasteiger partial charge in [-0.05, 0) is 39.8 Å². The van der Waals surface area contributed by atoms with E-state index in [1.165, 1.54) is 18.4 Å². The normalized spacial score (nSPS) is 11.1. The highest BCUT2D eigenvalue weighted by Crippen LogP contribution is 2.21. The molecule has 0 aliphatic rings. The summed E-state index contributed by atoms with van der Waals surface area (Å²) in [5, 5.41) is 3.37. The molecule has 1 amide bonds. The fraction of sp³-hybridized carbons (Fsp3) is 0.389. The Morgan fingerprint density at radius 1 is 1.20 bits per heavy atom. The number of aryl methyl sites for hydroxylation is 2. The first-order valence-corrected chi connectivity index (χ1v) is 8.61. The number of hydrogen-bond acceptors (Lipinski definition) is 6. The van der Waals surface area contributed by atoms with Gasteiger partial charge in [0.15, 0.2) is 0 Å². The van der Waals surface area contributed by atoms with Gasteiger partial charge in [-0.3, -0.25) is 4.79 Å². The van der Waals surface area contributed by atoms with Crippen molar-refractivity contribution in [2.24, 2.45) is 0 Å². The van der Waals surface area contributed by atoms with Crippen LogP contribution in [0.4, 0.5) is 0 Å². The Bertz CT molecular complexity index is 766. The van der Waals surface area contributed by atoms with Gasteiger partial charge in [0, 0.05) is 0 Å². The maximum Gasteiger partial charge on any atom is 0.330 e. The molecule has 0 atom stereocenters. The Balaban J connectivity index is 2.05. The fourth-order valence-corrected chi connectivity index (χ4v) is 3.02. The highest BCUT2D eigenvalue weighted by Gasteiger charge is 2.32. The Morgan fingerprint density at radius 2 is 1.84 bits per heavy atom. The Kier molecular flexibility index (Phi) is 5.79. The minimum absolute atomic E-state index is 0.280. The van der Waals surface area contributed by atoms with Gasteiger partial charge in [0.05, 0.1) is 12.8 Å². The molecule has 0 saturated heterocycles. The summed E-state index contributed by atoms with van der Waals surface area (Å²) in [6.45, 7) is 7.23. The minimum atomic E-state index is -1.11. The number of carbonyl (C=O) groups is 2. The van der Waals surface area contributed by atoms with Gasteiger partial charge >= 0.3 is 5.97 Å². The summed E-state index contributed by atoms with van der Waals surface area (Å²) in [4.78, 5) is 29.0. The van der Waals surface area contributed by atoms with Crippen molar-refractivity contribution in [3.63, 3.8) is 0 Å². The number of ether oxygens (including phenoxy) is 2. The molecule has 1 N–H and O–H groups in total. The third kappa shape index (κ3) is 4.79. The van der Waals surface area contributed by atoms with Crippen LogP contribution in [-0.4, -0.2) is 29.5 Å². The van der Waals surface area contributed by atoms with E-state index in [9.17, 15) is 9.59 Å². The van der Waals surface area contributed by atoms with Gasteiger partial charge in [-0.25, -0.2) is 9.78 Å². The zero-order valence-corrected chi connectivity index (χ0v) is 15.8. The molecule has 0 unspecified atom stereocenters. The maximum absolute atomic E-state index is 12.4. The van der Waals surface area contributed by atoms with Gasteiger partial charge in [-0.2, -0.15) is 0 Å². The van der Waals surface area contributed by atoms with Gasteiger partial charge in [0.1, 0.15) is 27.8 Å². The second kappa shape index (κ2) is 7.65. The lowest BCUT2D eigenvalue weighted by atomic mass is 10.1. The quantitative estimate of drug-likeness (QED) is 0.799. The van der Waals surface area contributed by atoms with Crippen LogP contribution in [0.25, 0.3) is 0 Å². The minimum Gasteiger partial charge on any atom is -0.486 e. The third-order valence-corrected chi connectivity index (χ3v) is 4.68. The van der Waals surface area contributed by atoms with Gasteiger partial charge in [-0.1, -0.05) is 17.7 Å². The predicted molar refractivity (Wildman–Crippen MR) is 95.9 cm³/mol. The van der Waals surface area contributed by atoms with Crippen molar-refractivity contribution in [3.8, 4) is 5.75 Å². The first kappa shape index (κ1) is 18.9. The summed E-state index contributed by atoms with van der Waals surface area (Å²) in [6, 6.07) is 7.72. The number of benzene rings is 1. The molecule has 1 aromatic carbocycles. The molecule has 2 aromatic rings. The van der Waals surface area contributed by atoms with Crippen LogP contribution in [0.1, 0.15) is 39.8 Å². The van der Waals surface area contributed by atoms with E-state index in [1.807, 2.05) is 31.2 Å². The van der Waals surface area contributed by atoms with Crippen LogP contribution in [0.3, 0.4) is 0 Å². The van der Waals surface area contributed by atoms with Crippen LogP contribution in [0.5, 0.6) is 5.75 Å². The summed E-state index contributed by atoms with van der Waals surface area (Å²) in [7, 11) is 1.29. The smallest absolute Gasteiger partial charge is 0.330 e. The summed E-state index contributed by atoms with van der Waals surface area (Å²) in [5.41, 5.74) is 0.649. The van der Waals surface area contributed by atoms with Crippen LogP contribution in [0, 0.1) is 13.8 Å². The van der Waals surface area contributed by atoms with Gasteiger partial charge in [-0.15, -0.1) is 11.3 Å². The molecule has 0 radical (unpaired) electrons. The molecular formula is C18H22N2O4S. The molecule has 0 aliphatic heterocycles. The van der Waals surface area contributed by atoms with Crippen molar-refractivity contribution >= 4 is 23.2 Å². The number of carbonyl (C=O) groups excluding carboxylic acids is 2. The lowest BCUT2D eigenvalue weighted by molar-refractivity contribution is -0.146. The monoisotopic (exact) mass is 362 g/mol. The van der Waals surface area contributed by atoms with Crippen molar-refractivity contribution in [2.75, 3.05) is 7.11 Å². The van der Waals surface area contributed by atoms with Gasteiger partial charge in [0.25, 0.3) is 5.91 Å². The summed E-state index contributed by atoms with van der Waals surface area (Å²) >= 11 is 1.25. The third-order valence-electron chi connectivity index (χ3n) is 3.55. The van der Waals surface area contributed by atoms with E-state index in [4.69, 9.17) is 9.47 Å². The van der Waals surface area contributed by atoms with Gasteiger partial charge < -0.3 is 14.8 Å². The maximum atomic E-state index is 12.4. The summed E-state index contributed by atoms with van der Waals surface area (Å²) < 4.78 is 10.4. The molecule has 2 rings (SSSR count). The Morgan fingerprint density at radius 3 is 2.44 bits per heavy atom. The first-order valence-electron chi connectivity index (χ1n) is 7.79. The van der Waals surface area contributed by atoms with E-state index in [2.05, 4.69) is 10.3 Å². The number of hydrogen-bond donors (Lipinski definition) is 1. The number of nitrogens with one attached hydrogen (secondary N) is 1. The Labute approximate surface area is 151 Å². The number of esters is 1. The number of thiazole rings is 1. The molecule has 0 saturated carbocycles. The molecular weight excluding hydrogens is 340 g/mol. The predicted octanol–water partition coefficient (Wildman–Crippen LogP) is 3.02. The van der Waals surface area contributed by atoms with E-state index in [-0.39, 0.29) is 12.5 Å². The molecule has 25 heavy (non-hydrogen) atoms. The van der Waals surface area contributed by atoms with Gasteiger partial charge in [0.2, 0.25) is 0 Å². The summed E-state index contributed by atoms with van der Waals surface area (Å²) in [5.74, 6) is -0.116. The van der Waals surface area contributed by atoms with E-state index < -0.39 is 11.5 Å². The second-order valence-corrected chi connectivity index (χ2v) is 7.28. The molecule has 0 spiro atoms. The van der Waals surface area contributed by atoms with Crippen LogP contribution in [-0.2, 0) is 16.1 Å². The second-order valence-electron chi connectivity index (χ2n) is 6.19. The van der Waals surface area contributed by atoms with Crippen molar-refractivity contribution < 1.29 is 19.1 Å². The van der Waals surface area contributed by atoms with Crippen molar-refractivity contribution in [1.29, 1.82) is 0 Å². The highest BCUT2D eigenvalue weighted by atomic mass is 32.1. The van der Waals surface area contributed by atoms with E-state index in [0.29, 0.717) is 15.6 Å². The lowest BCUT2D eigenvalue weighted by Gasteiger charge is -2.22. The number of nitrogens with zero attached hydrogens (tertiary/aromatic N) is 1. The molecule has 1 aromatic heterocycles. The molecule has 1 heterocycles. The standard InChI is InChI=1S/C18H22N2O4S/c1-11-6-8-13(9-7-11)24-10-14-19-12(2)15(25-14)16(21)20-18(3,4)17(22)23-5/h6-9H,10H2,1-5H3,(H,20,21). The lowest BCUT2D eigenvalue weighted by Crippen LogP contribution is -2.50. The zero-order chi connectivity index (χ0) is 18.6. The number of aromatic nitrogens is 1. The van der Waals surface area contributed by atoms with E-state index >= 15 is 0 Å². The molecule has 134 valence electrons. The van der Waals surface area contributed by atoms with Crippen molar-refractivity contribution in [2.45, 2.75) is 39.8 Å². The van der Waals surface area contributed by atoms with E-state index in [1.54, 1.807) is 20.8 Å². The fourth-order valence-electron chi connectivity index (χ4n) is 2.15. The van der Waals surface area contributed by atoms with Crippen LogP contribution < -0.4 is 10.1 Å². The average Bonchev–Trinajstić information content (AvgIpc) is 2.94. The van der Waals surface area contributed by atoms with E-state index in [0.717, 1.165) is 11.3 Å². The van der Waals surface area contributed by atoms with Crippen molar-refractivity contribution in [1.82, 2.24) is 10.3 Å². The number of methoxy groups -OCH3 is 1. The van der Waals surface area contributed by atoms with Crippen LogP contribution >= 0.6 is 11.3 Å². The largest absolute Gasteiger partial charge is 0.486 e. The Hall–Kier alpha value is -2.41. The molecule has 0 bridgehead atoms. The van der Waals surface area contributed by atoms with Crippen LogP contribution in [0.15, 0.2) is 24.3 Å². The number of amides is 1. The topological polar surface area (TPSA) is 77.5 Å². The molecule has 0 aliphatic carbocycles. The molecule has 7 heteroatoms.